The van der Waals surface area contributed by atoms with E-state index in [0.29, 0.717) is 6.04 Å². The van der Waals surface area contributed by atoms with Crippen LogP contribution in [0.15, 0.2) is 18.2 Å². The Morgan fingerprint density at radius 2 is 2.00 bits per heavy atom. The number of hydrogen-bond donors (Lipinski definition) is 1. The van der Waals surface area contributed by atoms with Gasteiger partial charge in [0.25, 0.3) is 0 Å². The molecule has 0 bridgehead atoms. The second kappa shape index (κ2) is 6.24. The van der Waals surface area contributed by atoms with Crippen LogP contribution in [0.2, 0.25) is 5.02 Å². The maximum Gasteiger partial charge on any atom is 0.219 e. The van der Waals surface area contributed by atoms with Crippen molar-refractivity contribution in [3.63, 3.8) is 0 Å². The van der Waals surface area contributed by atoms with Gasteiger partial charge in [-0.05, 0) is 24.5 Å². The van der Waals surface area contributed by atoms with Crippen LogP contribution in [0.4, 0.5) is 5.69 Å². The smallest absolute Gasteiger partial charge is 0.219 e. The van der Waals surface area contributed by atoms with Gasteiger partial charge < -0.3 is 15.1 Å². The molecule has 4 nitrogen and oxygen atoms in total. The van der Waals surface area contributed by atoms with E-state index in [4.69, 9.17) is 11.6 Å². The minimum absolute atomic E-state index is 0.157. The molecule has 3 rings (SSSR count). The summed E-state index contributed by atoms with van der Waals surface area (Å²) < 4.78 is 0. The predicted octanol–water partition coefficient (Wildman–Crippen LogP) is 2.26. The summed E-state index contributed by atoms with van der Waals surface area (Å²) in [6.07, 6.45) is 2.57. The Hall–Kier alpha value is -1.26. The number of para-hydroxylation sites is 1. The zero-order valence-corrected chi connectivity index (χ0v) is 13.2. The third-order valence-electron chi connectivity index (χ3n) is 4.27. The summed E-state index contributed by atoms with van der Waals surface area (Å²) in [5.74, 6) is 0.157. The maximum absolute atomic E-state index is 11.4. The fourth-order valence-electron chi connectivity index (χ4n) is 2.84. The number of carbonyl (C=O) groups is 1. The number of halogens is 1. The Bertz CT molecular complexity index is 522. The van der Waals surface area contributed by atoms with E-state index >= 15 is 0 Å². The fraction of sp³-hybridized carbons (Fsp3) is 0.562. The summed E-state index contributed by atoms with van der Waals surface area (Å²) >= 11 is 6.44. The Morgan fingerprint density at radius 3 is 2.62 bits per heavy atom. The number of nitrogens with one attached hydrogen (secondary N) is 1. The zero-order chi connectivity index (χ0) is 14.8. The van der Waals surface area contributed by atoms with Crippen LogP contribution in [0.5, 0.6) is 0 Å². The highest BCUT2D eigenvalue weighted by Gasteiger charge is 2.24. The summed E-state index contributed by atoms with van der Waals surface area (Å²) in [5.41, 5.74) is 2.39. The average molecular weight is 308 g/mol. The van der Waals surface area contributed by atoms with Gasteiger partial charge in [0.2, 0.25) is 5.91 Å². The number of amides is 1. The van der Waals surface area contributed by atoms with E-state index in [1.54, 1.807) is 6.92 Å². The third-order valence-corrected chi connectivity index (χ3v) is 4.58. The number of carbonyl (C=O) groups excluding carboxylic acids is 1. The molecule has 1 aliphatic carbocycles. The van der Waals surface area contributed by atoms with Crippen LogP contribution in [0.3, 0.4) is 0 Å². The van der Waals surface area contributed by atoms with E-state index in [9.17, 15) is 4.79 Å². The number of hydrogen-bond acceptors (Lipinski definition) is 3. The molecular formula is C16H22ClN3O. The first-order valence-corrected chi connectivity index (χ1v) is 8.04. The lowest BCUT2D eigenvalue weighted by molar-refractivity contribution is -0.129. The first-order chi connectivity index (χ1) is 10.1. The molecule has 2 fully saturated rings. The molecular weight excluding hydrogens is 286 g/mol. The van der Waals surface area contributed by atoms with Crippen molar-refractivity contribution in [2.24, 2.45) is 0 Å². The molecule has 1 aliphatic heterocycles. The topological polar surface area (TPSA) is 35.6 Å². The van der Waals surface area contributed by atoms with Crippen LogP contribution in [-0.4, -0.2) is 43.0 Å². The second-order valence-electron chi connectivity index (χ2n) is 5.90. The molecule has 1 amide bonds. The molecule has 1 N–H and O–H groups in total. The zero-order valence-electron chi connectivity index (χ0n) is 12.4. The van der Waals surface area contributed by atoms with Gasteiger partial charge in [-0.2, -0.15) is 0 Å². The van der Waals surface area contributed by atoms with Crippen molar-refractivity contribution in [3.05, 3.63) is 28.8 Å². The van der Waals surface area contributed by atoms with Gasteiger partial charge in [-0.1, -0.05) is 23.7 Å². The number of benzene rings is 1. The van der Waals surface area contributed by atoms with Crippen LogP contribution in [-0.2, 0) is 11.3 Å². The molecule has 2 aliphatic rings. The fourth-order valence-corrected chi connectivity index (χ4v) is 3.16. The number of anilines is 1. The first-order valence-electron chi connectivity index (χ1n) is 7.66. The van der Waals surface area contributed by atoms with Crippen LogP contribution in [0.1, 0.15) is 25.3 Å². The quantitative estimate of drug-likeness (QED) is 0.927. The van der Waals surface area contributed by atoms with Crippen LogP contribution in [0, 0.1) is 0 Å². The molecule has 1 aromatic rings. The van der Waals surface area contributed by atoms with Crippen molar-refractivity contribution in [3.8, 4) is 0 Å². The van der Waals surface area contributed by atoms with Gasteiger partial charge in [0.05, 0.1) is 10.7 Å². The molecule has 1 saturated heterocycles. The monoisotopic (exact) mass is 307 g/mol. The summed E-state index contributed by atoms with van der Waals surface area (Å²) in [7, 11) is 0. The average Bonchev–Trinajstić information content (AvgIpc) is 3.29. The largest absolute Gasteiger partial charge is 0.367 e. The van der Waals surface area contributed by atoms with Crippen LogP contribution >= 0.6 is 11.6 Å². The van der Waals surface area contributed by atoms with E-state index in [-0.39, 0.29) is 5.91 Å². The van der Waals surface area contributed by atoms with Crippen molar-refractivity contribution >= 4 is 23.2 Å². The maximum atomic E-state index is 11.4. The molecule has 0 unspecified atom stereocenters. The highest BCUT2D eigenvalue weighted by atomic mass is 35.5. The molecule has 0 radical (unpaired) electrons. The minimum atomic E-state index is 0.157. The molecule has 1 aromatic carbocycles. The molecule has 5 heteroatoms. The highest BCUT2D eigenvalue weighted by molar-refractivity contribution is 6.33. The molecule has 1 saturated carbocycles. The highest BCUT2D eigenvalue weighted by Crippen LogP contribution is 2.31. The molecule has 0 spiro atoms. The third kappa shape index (κ3) is 3.50. The van der Waals surface area contributed by atoms with Gasteiger partial charge >= 0.3 is 0 Å². The Balaban J connectivity index is 1.72. The minimum Gasteiger partial charge on any atom is -0.367 e. The van der Waals surface area contributed by atoms with E-state index in [0.717, 1.165) is 43.4 Å². The lowest BCUT2D eigenvalue weighted by atomic mass is 10.1. The normalized spacial score (nSPS) is 19.0. The number of rotatable bonds is 4. The summed E-state index contributed by atoms with van der Waals surface area (Å²) in [6, 6.07) is 6.80. The standard InChI is InChI=1S/C16H22ClN3O/c1-12(21)19-7-9-20(10-8-19)16-13(3-2-4-15(16)17)11-18-14-5-6-14/h2-4,14,18H,5-11H2,1H3. The molecule has 21 heavy (non-hydrogen) atoms. The molecule has 1 heterocycles. The van der Waals surface area contributed by atoms with Crippen LogP contribution in [0.25, 0.3) is 0 Å². The van der Waals surface area contributed by atoms with Crippen molar-refractivity contribution in [2.75, 3.05) is 31.1 Å². The molecule has 114 valence electrons. The molecule has 0 aromatic heterocycles. The summed E-state index contributed by atoms with van der Waals surface area (Å²) in [4.78, 5) is 15.6. The van der Waals surface area contributed by atoms with Gasteiger partial charge in [0, 0.05) is 45.7 Å². The lowest BCUT2D eigenvalue weighted by Gasteiger charge is -2.37. The van der Waals surface area contributed by atoms with E-state index in [2.05, 4.69) is 16.3 Å². The van der Waals surface area contributed by atoms with E-state index in [1.807, 2.05) is 17.0 Å². The van der Waals surface area contributed by atoms with Gasteiger partial charge in [0.1, 0.15) is 0 Å². The SMILES string of the molecule is CC(=O)N1CCN(c2c(Cl)cccc2CNC2CC2)CC1. The number of nitrogens with zero attached hydrogens (tertiary/aromatic N) is 2. The van der Waals surface area contributed by atoms with Crippen molar-refractivity contribution < 1.29 is 4.79 Å². The van der Waals surface area contributed by atoms with Gasteiger partial charge in [-0.25, -0.2) is 0 Å². The second-order valence-corrected chi connectivity index (χ2v) is 6.30. The van der Waals surface area contributed by atoms with Crippen molar-refractivity contribution in [2.45, 2.75) is 32.4 Å². The van der Waals surface area contributed by atoms with Crippen molar-refractivity contribution in [1.82, 2.24) is 10.2 Å². The Labute approximate surface area is 131 Å². The van der Waals surface area contributed by atoms with Crippen LogP contribution < -0.4 is 10.2 Å². The number of piperazine rings is 1. The Kier molecular flexibility index (Phi) is 4.36. The summed E-state index contributed by atoms with van der Waals surface area (Å²) in [5, 5.41) is 4.36. The van der Waals surface area contributed by atoms with Gasteiger partial charge in [0.15, 0.2) is 0 Å². The van der Waals surface area contributed by atoms with Crippen molar-refractivity contribution in [1.29, 1.82) is 0 Å². The summed E-state index contributed by atoms with van der Waals surface area (Å²) in [6.45, 7) is 5.75. The van der Waals surface area contributed by atoms with Gasteiger partial charge in [-0.15, -0.1) is 0 Å². The van der Waals surface area contributed by atoms with E-state index in [1.165, 1.54) is 18.4 Å². The first kappa shape index (κ1) is 14.7. The van der Waals surface area contributed by atoms with E-state index < -0.39 is 0 Å². The van der Waals surface area contributed by atoms with Gasteiger partial charge in [-0.3, -0.25) is 4.79 Å². The Morgan fingerprint density at radius 1 is 1.29 bits per heavy atom. The predicted molar refractivity (Wildman–Crippen MR) is 85.8 cm³/mol. The lowest BCUT2D eigenvalue weighted by Crippen LogP contribution is -2.48. The molecule has 0 atom stereocenters.